The minimum absolute atomic E-state index is 0.751. The third kappa shape index (κ3) is 5.72. The van der Waals surface area contributed by atoms with Gasteiger partial charge in [-0.05, 0) is 139 Å². The van der Waals surface area contributed by atoms with Crippen LogP contribution in [0.2, 0.25) is 0 Å². The molecule has 216 valence electrons. The molecule has 0 fully saturated rings. The zero-order valence-corrected chi connectivity index (χ0v) is 25.7. The van der Waals surface area contributed by atoms with E-state index in [9.17, 15) is 0 Å². The summed E-state index contributed by atoms with van der Waals surface area (Å²) in [5, 5.41) is 0. The van der Waals surface area contributed by atoms with E-state index < -0.39 is 0 Å². The van der Waals surface area contributed by atoms with Crippen LogP contribution in [-0.2, 0) is 25.7 Å². The molecular weight excluding hydrogens is 528 g/mol. The van der Waals surface area contributed by atoms with E-state index in [0.717, 1.165) is 70.2 Å². The Hall–Kier alpha value is -5.20. The summed E-state index contributed by atoms with van der Waals surface area (Å²) in [4.78, 5) is 0. The second-order valence-electron chi connectivity index (χ2n) is 11.3. The highest BCUT2D eigenvalue weighted by atomic mass is 14.2. The van der Waals surface area contributed by atoms with Crippen LogP contribution in [0.1, 0.15) is 89.0 Å². The van der Waals surface area contributed by atoms with Gasteiger partial charge in [0.1, 0.15) is 0 Å². The Kier molecular flexibility index (Phi) is 8.93. The Morgan fingerprint density at radius 2 is 0.386 bits per heavy atom. The Balaban J connectivity index is 1.86. The molecule has 4 aromatic rings. The van der Waals surface area contributed by atoms with Gasteiger partial charge >= 0.3 is 0 Å². The number of benzene rings is 4. The van der Waals surface area contributed by atoms with Crippen LogP contribution in [0.5, 0.6) is 0 Å². The van der Waals surface area contributed by atoms with Crippen molar-refractivity contribution in [2.45, 2.75) is 25.7 Å². The van der Waals surface area contributed by atoms with Crippen LogP contribution in [-0.4, -0.2) is 0 Å². The van der Waals surface area contributed by atoms with Gasteiger partial charge in [0, 0.05) is 0 Å². The summed E-state index contributed by atoms with van der Waals surface area (Å²) in [6.07, 6.45) is 18.6. The molecular formula is C44H40. The summed E-state index contributed by atoms with van der Waals surface area (Å²) < 4.78 is 0. The van der Waals surface area contributed by atoms with Crippen molar-refractivity contribution in [1.29, 1.82) is 0 Å². The monoisotopic (exact) mass is 568 g/mol. The first-order chi connectivity index (χ1) is 21.4. The number of hydrogen-bond acceptors (Lipinski definition) is 0. The first-order valence-electron chi connectivity index (χ1n) is 15.0. The smallest absolute Gasteiger partial charge is 0.00137 e. The molecule has 8 bridgehead atoms. The first-order valence-corrected chi connectivity index (χ1v) is 15.0. The van der Waals surface area contributed by atoms with Gasteiger partial charge in [-0.3, -0.25) is 0 Å². The fraction of sp³-hybridized carbons (Fsp3) is 0.0909. The lowest BCUT2D eigenvalue weighted by Gasteiger charge is -2.20. The average molecular weight is 569 g/mol. The van der Waals surface area contributed by atoms with Gasteiger partial charge in [0.25, 0.3) is 0 Å². The van der Waals surface area contributed by atoms with E-state index >= 15 is 0 Å². The Morgan fingerprint density at radius 1 is 0.250 bits per heavy atom. The van der Waals surface area contributed by atoms with Gasteiger partial charge in [-0.25, -0.2) is 0 Å². The van der Waals surface area contributed by atoms with Gasteiger partial charge < -0.3 is 0 Å². The summed E-state index contributed by atoms with van der Waals surface area (Å²) >= 11 is 0. The summed E-state index contributed by atoms with van der Waals surface area (Å²) in [5.74, 6) is 0. The van der Waals surface area contributed by atoms with Crippen molar-refractivity contribution in [3.63, 3.8) is 0 Å². The predicted octanol–water partition coefficient (Wildman–Crippen LogP) is 11.5. The maximum atomic E-state index is 4.16. The normalized spacial score (nSPS) is 12.0. The van der Waals surface area contributed by atoms with Crippen molar-refractivity contribution < 1.29 is 0 Å². The van der Waals surface area contributed by atoms with Crippen LogP contribution in [0.4, 0.5) is 0 Å². The van der Waals surface area contributed by atoms with E-state index in [0.29, 0.717) is 0 Å². The molecule has 5 rings (SSSR count). The quantitative estimate of drug-likeness (QED) is 0.175. The van der Waals surface area contributed by atoms with Gasteiger partial charge in [0.2, 0.25) is 0 Å². The van der Waals surface area contributed by atoms with E-state index in [1.807, 2.05) is 48.6 Å². The molecule has 0 radical (unpaired) electrons. The van der Waals surface area contributed by atoms with Crippen LogP contribution in [0.3, 0.4) is 0 Å². The molecule has 0 saturated heterocycles. The van der Waals surface area contributed by atoms with Crippen molar-refractivity contribution in [3.05, 3.63) is 190 Å². The molecule has 0 saturated carbocycles. The fourth-order valence-electron chi connectivity index (χ4n) is 6.49. The van der Waals surface area contributed by atoms with Gasteiger partial charge in [0.15, 0.2) is 0 Å². The molecule has 0 heteroatoms. The molecule has 0 amide bonds. The van der Waals surface area contributed by atoms with Crippen molar-refractivity contribution in [2.24, 2.45) is 0 Å². The molecule has 0 N–H and O–H groups in total. The van der Waals surface area contributed by atoms with Crippen LogP contribution in [0.25, 0.3) is 48.6 Å². The molecule has 0 nitrogen and oxygen atoms in total. The van der Waals surface area contributed by atoms with Gasteiger partial charge in [-0.2, -0.15) is 0 Å². The van der Waals surface area contributed by atoms with E-state index in [1.165, 1.54) is 44.5 Å². The molecule has 0 unspecified atom stereocenters. The summed E-state index contributed by atoms with van der Waals surface area (Å²) in [5.41, 5.74) is 18.7. The van der Waals surface area contributed by atoms with E-state index in [1.54, 1.807) is 0 Å². The first kappa shape index (κ1) is 30.3. The maximum absolute atomic E-state index is 4.16. The number of hydrogen-bond donors (Lipinski definition) is 0. The standard InChI is InChI=1S/C44H40/c1-9-29-17-30(10-2)38-21-37(29)25-39-22-40(32(12-4)18-31(39)11-3)27-43-24-44(36(16-8)20-35(43)15-7)28-42-23-41(26-38)33(13-5)19-34(42)14-6/h9-24H,1-8,25-28H2. The zero-order chi connectivity index (χ0) is 31.4. The third-order valence-electron chi connectivity index (χ3n) is 8.89. The lowest BCUT2D eigenvalue weighted by Crippen LogP contribution is -2.06. The Bertz CT molecular complexity index is 1490. The summed E-state index contributed by atoms with van der Waals surface area (Å²) in [6.45, 7) is 33.3. The van der Waals surface area contributed by atoms with Crippen molar-refractivity contribution >= 4 is 48.6 Å². The summed E-state index contributed by atoms with van der Waals surface area (Å²) in [6, 6.07) is 18.2. The molecule has 0 aromatic heterocycles. The second-order valence-corrected chi connectivity index (χ2v) is 11.3. The minimum Gasteiger partial charge on any atom is -0.0985 e. The predicted molar refractivity (Wildman–Crippen MR) is 198 cm³/mol. The SMILES string of the molecule is C=Cc1cc(C=C)c2cc1Cc1cc(c(C=C)cc1C=C)Cc1cc(c(C=C)cc1C=C)Cc1cc(c(C=C)cc1C=C)C2. The van der Waals surface area contributed by atoms with E-state index in [2.05, 4.69) is 101 Å². The number of fused-ring (bicyclic) bond motifs is 8. The molecule has 0 spiro atoms. The Morgan fingerprint density at radius 3 is 0.500 bits per heavy atom. The van der Waals surface area contributed by atoms with Gasteiger partial charge in [0.05, 0.1) is 0 Å². The molecule has 0 atom stereocenters. The number of rotatable bonds is 8. The fourth-order valence-corrected chi connectivity index (χ4v) is 6.49. The average Bonchev–Trinajstić information content (AvgIpc) is 3.04. The minimum atomic E-state index is 0.751. The molecule has 44 heavy (non-hydrogen) atoms. The van der Waals surface area contributed by atoms with Crippen LogP contribution < -0.4 is 0 Å². The van der Waals surface area contributed by atoms with Crippen LogP contribution in [0, 0.1) is 0 Å². The van der Waals surface area contributed by atoms with Gasteiger partial charge in [-0.1, -0.05) is 126 Å². The van der Waals surface area contributed by atoms with Crippen LogP contribution >= 0.6 is 0 Å². The highest BCUT2D eigenvalue weighted by Gasteiger charge is 2.17. The van der Waals surface area contributed by atoms with Gasteiger partial charge in [-0.15, -0.1) is 0 Å². The van der Waals surface area contributed by atoms with Crippen molar-refractivity contribution in [2.75, 3.05) is 0 Å². The van der Waals surface area contributed by atoms with Crippen molar-refractivity contribution in [3.8, 4) is 0 Å². The summed E-state index contributed by atoms with van der Waals surface area (Å²) in [7, 11) is 0. The molecule has 4 aromatic carbocycles. The molecule has 1 aliphatic carbocycles. The highest BCUT2D eigenvalue weighted by Crippen LogP contribution is 2.33. The molecule has 0 heterocycles. The maximum Gasteiger partial charge on any atom is -0.00137 e. The molecule has 0 aliphatic heterocycles. The van der Waals surface area contributed by atoms with E-state index in [-0.39, 0.29) is 0 Å². The Labute approximate surface area is 263 Å². The highest BCUT2D eigenvalue weighted by molar-refractivity contribution is 5.70. The van der Waals surface area contributed by atoms with Crippen molar-refractivity contribution in [1.82, 2.24) is 0 Å². The van der Waals surface area contributed by atoms with E-state index in [4.69, 9.17) is 0 Å². The largest absolute Gasteiger partial charge is 0.0985 e. The lowest BCUT2D eigenvalue weighted by atomic mass is 9.84. The zero-order valence-electron chi connectivity index (χ0n) is 25.7. The second kappa shape index (κ2) is 13.0. The lowest BCUT2D eigenvalue weighted by molar-refractivity contribution is 1.07. The molecule has 1 aliphatic rings. The van der Waals surface area contributed by atoms with Crippen LogP contribution in [0.15, 0.2) is 101 Å². The topological polar surface area (TPSA) is 0 Å². The third-order valence-corrected chi connectivity index (χ3v) is 8.89.